The summed E-state index contributed by atoms with van der Waals surface area (Å²) in [5.74, 6) is -1.12. The number of anilines is 1. The number of amides is 1. The molecule has 1 fully saturated rings. The summed E-state index contributed by atoms with van der Waals surface area (Å²) in [7, 11) is 0. The lowest BCUT2D eigenvalue weighted by molar-refractivity contribution is 0.0558. The summed E-state index contributed by atoms with van der Waals surface area (Å²) in [6, 6.07) is 8.97. The molecule has 0 aliphatic carbocycles. The second kappa shape index (κ2) is 8.05. The fourth-order valence-corrected chi connectivity index (χ4v) is 3.72. The second-order valence-electron chi connectivity index (χ2n) is 6.99. The molecule has 0 bridgehead atoms. The van der Waals surface area contributed by atoms with Crippen molar-refractivity contribution in [2.75, 3.05) is 31.9 Å². The van der Waals surface area contributed by atoms with Crippen molar-refractivity contribution < 1.29 is 13.6 Å². The molecule has 0 spiro atoms. The predicted octanol–water partition coefficient (Wildman–Crippen LogP) is 3.76. The van der Waals surface area contributed by atoms with Crippen molar-refractivity contribution in [1.29, 1.82) is 0 Å². The minimum atomic E-state index is -0.570. The van der Waals surface area contributed by atoms with Crippen molar-refractivity contribution >= 4 is 11.6 Å². The average Bonchev–Trinajstić information content (AvgIpc) is 2.66. The molecule has 6 heteroatoms. The number of carbonyl (C=O) groups excluding carboxylic acids is 1. The Hall–Kier alpha value is -2.47. The van der Waals surface area contributed by atoms with Crippen LogP contribution in [0.3, 0.4) is 0 Å². The summed E-state index contributed by atoms with van der Waals surface area (Å²) >= 11 is 0. The quantitative estimate of drug-likeness (QED) is 0.830. The van der Waals surface area contributed by atoms with E-state index in [1.807, 2.05) is 24.8 Å². The Kier molecular flexibility index (Phi) is 5.75. The summed E-state index contributed by atoms with van der Waals surface area (Å²) in [5, 5.41) is 0. The molecule has 2 aromatic carbocycles. The molecule has 2 N–H and O–H groups in total. The average molecular weight is 373 g/mol. The molecule has 0 radical (unpaired) electrons. The molecule has 1 aliphatic rings. The molecule has 1 saturated heterocycles. The number of hydrogen-bond donors (Lipinski definition) is 1. The van der Waals surface area contributed by atoms with E-state index < -0.39 is 11.6 Å². The number of carbonyl (C=O) groups is 1. The van der Waals surface area contributed by atoms with E-state index in [1.54, 1.807) is 12.1 Å². The van der Waals surface area contributed by atoms with Gasteiger partial charge in [-0.25, -0.2) is 8.78 Å². The molecule has 3 rings (SSSR count). The number of benzene rings is 2. The van der Waals surface area contributed by atoms with Gasteiger partial charge in [0.15, 0.2) is 0 Å². The largest absolute Gasteiger partial charge is 0.399 e. The van der Waals surface area contributed by atoms with Gasteiger partial charge in [-0.1, -0.05) is 19.1 Å². The zero-order valence-electron chi connectivity index (χ0n) is 15.7. The number of hydrogen-bond acceptors (Lipinski definition) is 3. The Balaban J connectivity index is 1.70. The van der Waals surface area contributed by atoms with Gasteiger partial charge >= 0.3 is 0 Å². The third-order valence-corrected chi connectivity index (χ3v) is 5.24. The van der Waals surface area contributed by atoms with E-state index in [1.165, 1.54) is 12.1 Å². The molecule has 1 heterocycles. The van der Waals surface area contributed by atoms with E-state index in [-0.39, 0.29) is 11.9 Å². The van der Waals surface area contributed by atoms with Gasteiger partial charge in [0.25, 0.3) is 5.91 Å². The molecule has 2 aromatic rings. The van der Waals surface area contributed by atoms with Gasteiger partial charge in [0.05, 0.1) is 0 Å². The lowest BCUT2D eigenvalue weighted by atomic mass is 10.0. The number of rotatable bonds is 4. The van der Waals surface area contributed by atoms with Crippen LogP contribution in [-0.2, 0) is 0 Å². The number of halogens is 2. The highest BCUT2D eigenvalue weighted by molar-refractivity contribution is 5.96. The van der Waals surface area contributed by atoms with Gasteiger partial charge in [-0.2, -0.15) is 0 Å². The van der Waals surface area contributed by atoms with Crippen LogP contribution in [0.25, 0.3) is 0 Å². The normalized spacial score (nSPS) is 16.4. The van der Waals surface area contributed by atoms with Crippen LogP contribution < -0.4 is 5.73 Å². The molecule has 27 heavy (non-hydrogen) atoms. The maximum atomic E-state index is 14.2. The van der Waals surface area contributed by atoms with E-state index in [0.29, 0.717) is 49.4 Å². The Morgan fingerprint density at radius 2 is 1.81 bits per heavy atom. The van der Waals surface area contributed by atoms with Gasteiger partial charge in [-0.3, -0.25) is 9.69 Å². The number of nitrogens with zero attached hydrogens (tertiary/aromatic N) is 2. The Morgan fingerprint density at radius 3 is 2.44 bits per heavy atom. The third-order valence-electron chi connectivity index (χ3n) is 5.24. The number of nitrogens with two attached hydrogens (primary N) is 1. The molecule has 0 saturated carbocycles. The molecule has 1 atom stereocenters. The van der Waals surface area contributed by atoms with Crippen LogP contribution in [-0.4, -0.2) is 41.9 Å². The van der Waals surface area contributed by atoms with Gasteiger partial charge in [-0.15, -0.1) is 0 Å². The number of aryl methyl sites for hydroxylation is 1. The van der Waals surface area contributed by atoms with Crippen LogP contribution in [0.2, 0.25) is 0 Å². The zero-order chi connectivity index (χ0) is 19.6. The third kappa shape index (κ3) is 4.11. The topological polar surface area (TPSA) is 49.6 Å². The van der Waals surface area contributed by atoms with Crippen LogP contribution in [0.5, 0.6) is 0 Å². The van der Waals surface area contributed by atoms with Crippen molar-refractivity contribution in [2.24, 2.45) is 0 Å². The van der Waals surface area contributed by atoms with Crippen LogP contribution >= 0.6 is 0 Å². The van der Waals surface area contributed by atoms with E-state index in [9.17, 15) is 13.6 Å². The minimum Gasteiger partial charge on any atom is -0.399 e. The van der Waals surface area contributed by atoms with Crippen molar-refractivity contribution in [3.8, 4) is 0 Å². The Labute approximate surface area is 158 Å². The van der Waals surface area contributed by atoms with Crippen molar-refractivity contribution in [3.05, 3.63) is 64.7 Å². The predicted molar refractivity (Wildman–Crippen MR) is 102 cm³/mol. The van der Waals surface area contributed by atoms with Crippen molar-refractivity contribution in [2.45, 2.75) is 26.3 Å². The van der Waals surface area contributed by atoms with Crippen LogP contribution in [0.15, 0.2) is 36.4 Å². The first-order chi connectivity index (χ1) is 12.9. The SMILES string of the molecule is CCC(c1ccc(F)cc1F)N1CCN(C(=O)c2cc(N)ccc2C)CC1. The van der Waals surface area contributed by atoms with E-state index in [4.69, 9.17) is 5.73 Å². The Morgan fingerprint density at radius 1 is 1.11 bits per heavy atom. The van der Waals surface area contributed by atoms with Crippen LogP contribution in [0.4, 0.5) is 14.5 Å². The van der Waals surface area contributed by atoms with Crippen molar-refractivity contribution in [1.82, 2.24) is 9.80 Å². The zero-order valence-corrected chi connectivity index (χ0v) is 15.7. The van der Waals surface area contributed by atoms with Crippen LogP contribution in [0, 0.1) is 18.6 Å². The smallest absolute Gasteiger partial charge is 0.254 e. The maximum Gasteiger partial charge on any atom is 0.254 e. The summed E-state index contributed by atoms with van der Waals surface area (Å²) in [4.78, 5) is 16.8. The molecule has 0 aromatic heterocycles. The highest BCUT2D eigenvalue weighted by Crippen LogP contribution is 2.28. The first-order valence-electron chi connectivity index (χ1n) is 9.25. The van der Waals surface area contributed by atoms with Crippen molar-refractivity contribution in [3.63, 3.8) is 0 Å². The second-order valence-corrected chi connectivity index (χ2v) is 6.99. The first kappa shape index (κ1) is 19.3. The molecular formula is C21H25F2N3O. The highest BCUT2D eigenvalue weighted by Gasteiger charge is 2.28. The fraction of sp³-hybridized carbons (Fsp3) is 0.381. The molecule has 1 unspecified atom stereocenters. The minimum absolute atomic E-state index is 0.0274. The maximum absolute atomic E-state index is 14.2. The number of nitrogen functional groups attached to an aromatic ring is 1. The summed E-state index contributed by atoms with van der Waals surface area (Å²) in [5.41, 5.74) is 8.42. The van der Waals surface area contributed by atoms with E-state index >= 15 is 0 Å². The monoisotopic (exact) mass is 373 g/mol. The lowest BCUT2D eigenvalue weighted by Crippen LogP contribution is -2.49. The van der Waals surface area contributed by atoms with Gasteiger partial charge in [0.1, 0.15) is 11.6 Å². The van der Waals surface area contributed by atoms with E-state index in [0.717, 1.165) is 11.6 Å². The molecule has 4 nitrogen and oxygen atoms in total. The molecule has 1 amide bonds. The summed E-state index contributed by atoms with van der Waals surface area (Å²) in [6.07, 6.45) is 0.713. The van der Waals surface area contributed by atoms with Crippen LogP contribution in [0.1, 0.15) is 40.9 Å². The fourth-order valence-electron chi connectivity index (χ4n) is 3.72. The molecular weight excluding hydrogens is 348 g/mol. The molecule has 144 valence electrons. The summed E-state index contributed by atoms with van der Waals surface area (Å²) < 4.78 is 27.4. The number of piperazine rings is 1. The molecule has 1 aliphatic heterocycles. The van der Waals surface area contributed by atoms with Gasteiger partial charge < -0.3 is 10.6 Å². The first-order valence-corrected chi connectivity index (χ1v) is 9.25. The van der Waals surface area contributed by atoms with Gasteiger partial charge in [-0.05, 0) is 37.1 Å². The lowest BCUT2D eigenvalue weighted by Gasteiger charge is -2.39. The van der Waals surface area contributed by atoms with Gasteiger partial charge in [0, 0.05) is 55.1 Å². The standard InChI is InChI=1S/C21H25F2N3O/c1-3-20(17-7-5-15(22)12-19(17)23)25-8-10-26(11-9-25)21(27)18-13-16(24)6-4-14(18)2/h4-7,12-13,20H,3,8-11,24H2,1-2H3. The highest BCUT2D eigenvalue weighted by atomic mass is 19.1. The van der Waals surface area contributed by atoms with Gasteiger partial charge in [0.2, 0.25) is 0 Å². The Bertz CT molecular complexity index is 832. The van der Waals surface area contributed by atoms with E-state index in [2.05, 4.69) is 4.90 Å². The summed E-state index contributed by atoms with van der Waals surface area (Å²) in [6.45, 7) is 6.29.